The van der Waals surface area contributed by atoms with E-state index in [9.17, 15) is 4.79 Å². The lowest BCUT2D eigenvalue weighted by molar-refractivity contribution is -0.140. The molecule has 3 fully saturated rings. The fraction of sp³-hybridized carbons (Fsp3) is 0.609. The minimum Gasteiger partial charge on any atom is -0.379 e. The molecule has 0 aromatic heterocycles. The lowest BCUT2D eigenvalue weighted by Gasteiger charge is -2.50. The second-order valence-electron chi connectivity index (χ2n) is 8.42. The standard InChI is InChI=1S/C23H33N3O2/c27-22(25-11-4-7-19-5-2-1-3-6-19)23-10-8-21(26-13-15-28-16-14-26)17-20(23)9-12-24-18-23/h1-7,20-21,24H,8-18H2,(H,25,27)/t20-,21-,23-/m1/s1. The van der Waals surface area contributed by atoms with E-state index in [0.717, 1.165) is 70.6 Å². The molecule has 1 amide bonds. The van der Waals surface area contributed by atoms with E-state index in [-0.39, 0.29) is 11.3 Å². The number of carbonyl (C=O) groups is 1. The molecule has 0 spiro atoms. The van der Waals surface area contributed by atoms with Crippen LogP contribution >= 0.6 is 0 Å². The summed E-state index contributed by atoms with van der Waals surface area (Å²) in [5.41, 5.74) is 0.930. The summed E-state index contributed by atoms with van der Waals surface area (Å²) < 4.78 is 5.52. The third-order valence-electron chi connectivity index (χ3n) is 6.88. The van der Waals surface area contributed by atoms with Crippen molar-refractivity contribution in [2.45, 2.75) is 31.7 Å². The molecule has 3 atom stereocenters. The van der Waals surface area contributed by atoms with Gasteiger partial charge >= 0.3 is 0 Å². The summed E-state index contributed by atoms with van der Waals surface area (Å²) in [4.78, 5) is 15.8. The van der Waals surface area contributed by atoms with E-state index in [1.807, 2.05) is 18.2 Å². The molecule has 1 aromatic carbocycles. The highest BCUT2D eigenvalue weighted by Crippen LogP contribution is 2.46. The first kappa shape index (κ1) is 19.6. The third-order valence-corrected chi connectivity index (χ3v) is 6.88. The average molecular weight is 384 g/mol. The van der Waals surface area contributed by atoms with Crippen LogP contribution in [-0.4, -0.2) is 62.8 Å². The van der Waals surface area contributed by atoms with Crippen LogP contribution in [-0.2, 0) is 9.53 Å². The van der Waals surface area contributed by atoms with Crippen LogP contribution in [0.4, 0.5) is 0 Å². The van der Waals surface area contributed by atoms with Crippen molar-refractivity contribution >= 4 is 12.0 Å². The SMILES string of the molecule is O=C(NCC=Cc1ccccc1)[C@@]12CC[C@@H](N3CCOCC3)C[C@H]1CCNC2. The Morgan fingerprint density at radius 3 is 2.89 bits per heavy atom. The Morgan fingerprint density at radius 1 is 1.25 bits per heavy atom. The molecular weight excluding hydrogens is 350 g/mol. The second-order valence-corrected chi connectivity index (χ2v) is 8.42. The van der Waals surface area contributed by atoms with Gasteiger partial charge in [0, 0.05) is 32.2 Å². The number of amides is 1. The predicted octanol–water partition coefficient (Wildman–Crippen LogP) is 2.30. The van der Waals surface area contributed by atoms with E-state index in [4.69, 9.17) is 4.74 Å². The van der Waals surface area contributed by atoms with Gasteiger partial charge in [0.2, 0.25) is 5.91 Å². The van der Waals surface area contributed by atoms with E-state index in [1.165, 1.54) is 0 Å². The molecule has 3 aliphatic rings. The van der Waals surface area contributed by atoms with E-state index in [2.05, 4.69) is 39.8 Å². The Bertz CT molecular complexity index is 672. The van der Waals surface area contributed by atoms with Crippen LogP contribution in [0.1, 0.15) is 31.2 Å². The maximum absolute atomic E-state index is 13.2. The summed E-state index contributed by atoms with van der Waals surface area (Å²) in [7, 11) is 0. The Kier molecular flexibility index (Phi) is 6.45. The van der Waals surface area contributed by atoms with Crippen molar-refractivity contribution in [2.75, 3.05) is 45.9 Å². The van der Waals surface area contributed by atoms with Gasteiger partial charge < -0.3 is 15.4 Å². The van der Waals surface area contributed by atoms with Gasteiger partial charge in [0.25, 0.3) is 0 Å². The first-order valence-corrected chi connectivity index (χ1v) is 10.8. The molecule has 1 aromatic rings. The molecule has 5 nitrogen and oxygen atoms in total. The van der Waals surface area contributed by atoms with E-state index < -0.39 is 0 Å². The van der Waals surface area contributed by atoms with Gasteiger partial charge in [-0.05, 0) is 43.7 Å². The smallest absolute Gasteiger partial charge is 0.228 e. The molecule has 0 radical (unpaired) electrons. The van der Waals surface area contributed by atoms with Crippen LogP contribution in [0.25, 0.3) is 6.08 Å². The zero-order chi connectivity index (χ0) is 19.2. The van der Waals surface area contributed by atoms with Crippen molar-refractivity contribution in [2.24, 2.45) is 11.3 Å². The quantitative estimate of drug-likeness (QED) is 0.819. The number of rotatable bonds is 5. The fourth-order valence-electron chi connectivity index (χ4n) is 5.26. The topological polar surface area (TPSA) is 53.6 Å². The maximum Gasteiger partial charge on any atom is 0.228 e. The number of ether oxygens (including phenoxy) is 1. The molecule has 2 N–H and O–H groups in total. The summed E-state index contributed by atoms with van der Waals surface area (Å²) in [6, 6.07) is 10.8. The van der Waals surface area contributed by atoms with E-state index >= 15 is 0 Å². The van der Waals surface area contributed by atoms with Crippen molar-refractivity contribution < 1.29 is 9.53 Å². The van der Waals surface area contributed by atoms with Crippen molar-refractivity contribution in [3.63, 3.8) is 0 Å². The highest BCUT2D eigenvalue weighted by molar-refractivity contribution is 5.83. The van der Waals surface area contributed by atoms with Gasteiger partial charge in [-0.1, -0.05) is 42.5 Å². The number of carbonyl (C=O) groups excluding carboxylic acids is 1. The third kappa shape index (κ3) is 4.32. The predicted molar refractivity (Wildman–Crippen MR) is 112 cm³/mol. The normalized spacial score (nSPS) is 31.4. The van der Waals surface area contributed by atoms with Gasteiger partial charge in [0.15, 0.2) is 0 Å². The van der Waals surface area contributed by atoms with Crippen LogP contribution < -0.4 is 10.6 Å². The number of piperidine rings is 1. The minimum absolute atomic E-state index is 0.235. The van der Waals surface area contributed by atoms with Crippen LogP contribution in [0.5, 0.6) is 0 Å². The monoisotopic (exact) mass is 383 g/mol. The van der Waals surface area contributed by atoms with Crippen molar-refractivity contribution in [3.05, 3.63) is 42.0 Å². The van der Waals surface area contributed by atoms with Gasteiger partial charge in [-0.25, -0.2) is 0 Å². The number of hydrogen-bond donors (Lipinski definition) is 2. The highest BCUT2D eigenvalue weighted by Gasteiger charge is 2.50. The molecule has 28 heavy (non-hydrogen) atoms. The minimum atomic E-state index is -0.235. The van der Waals surface area contributed by atoms with Gasteiger partial charge in [0.05, 0.1) is 18.6 Å². The molecular formula is C23H33N3O2. The van der Waals surface area contributed by atoms with Crippen LogP contribution in [0.2, 0.25) is 0 Å². The molecule has 5 heteroatoms. The average Bonchev–Trinajstić information content (AvgIpc) is 2.77. The highest BCUT2D eigenvalue weighted by atomic mass is 16.5. The number of morpholine rings is 1. The Hall–Kier alpha value is -1.69. The van der Waals surface area contributed by atoms with Gasteiger partial charge in [0.1, 0.15) is 0 Å². The summed E-state index contributed by atoms with van der Waals surface area (Å²) in [6.07, 6.45) is 8.48. The molecule has 2 heterocycles. The summed E-state index contributed by atoms with van der Waals surface area (Å²) >= 11 is 0. The Balaban J connectivity index is 1.36. The van der Waals surface area contributed by atoms with E-state index in [0.29, 0.717) is 18.5 Å². The zero-order valence-corrected chi connectivity index (χ0v) is 16.7. The molecule has 2 saturated heterocycles. The van der Waals surface area contributed by atoms with Crippen molar-refractivity contribution in [1.29, 1.82) is 0 Å². The zero-order valence-electron chi connectivity index (χ0n) is 16.7. The summed E-state index contributed by atoms with van der Waals surface area (Å²) in [5, 5.41) is 6.71. The largest absolute Gasteiger partial charge is 0.379 e. The fourth-order valence-corrected chi connectivity index (χ4v) is 5.26. The first-order chi connectivity index (χ1) is 13.8. The van der Waals surface area contributed by atoms with Crippen LogP contribution in [0.3, 0.4) is 0 Å². The van der Waals surface area contributed by atoms with Gasteiger partial charge in [-0.2, -0.15) is 0 Å². The Morgan fingerprint density at radius 2 is 2.07 bits per heavy atom. The van der Waals surface area contributed by atoms with Crippen LogP contribution in [0.15, 0.2) is 36.4 Å². The number of nitrogens with one attached hydrogen (secondary N) is 2. The summed E-state index contributed by atoms with van der Waals surface area (Å²) in [5.74, 6) is 0.719. The number of benzene rings is 1. The Labute approximate surface area is 168 Å². The molecule has 1 saturated carbocycles. The first-order valence-electron chi connectivity index (χ1n) is 10.8. The second kappa shape index (κ2) is 9.21. The van der Waals surface area contributed by atoms with Crippen molar-refractivity contribution in [1.82, 2.24) is 15.5 Å². The van der Waals surface area contributed by atoms with Gasteiger partial charge in [-0.15, -0.1) is 0 Å². The van der Waals surface area contributed by atoms with E-state index in [1.54, 1.807) is 0 Å². The lowest BCUT2D eigenvalue weighted by atomic mass is 9.61. The summed E-state index contributed by atoms with van der Waals surface area (Å²) in [6.45, 7) is 6.22. The maximum atomic E-state index is 13.2. The number of nitrogens with zero attached hydrogens (tertiary/aromatic N) is 1. The molecule has 2 aliphatic heterocycles. The van der Waals surface area contributed by atoms with Gasteiger partial charge in [-0.3, -0.25) is 9.69 Å². The van der Waals surface area contributed by atoms with Crippen LogP contribution in [0, 0.1) is 11.3 Å². The molecule has 1 aliphatic carbocycles. The molecule has 0 bridgehead atoms. The lowest BCUT2D eigenvalue weighted by Crippen LogP contribution is -2.60. The number of hydrogen-bond acceptors (Lipinski definition) is 4. The van der Waals surface area contributed by atoms with Crippen molar-refractivity contribution in [3.8, 4) is 0 Å². The molecule has 0 unspecified atom stereocenters. The molecule has 152 valence electrons. The number of fused-ring (bicyclic) bond motifs is 1. The molecule has 4 rings (SSSR count).